The number of nitriles is 1. The van der Waals surface area contributed by atoms with Crippen LogP contribution in [0.4, 0.5) is 5.82 Å². The van der Waals surface area contributed by atoms with Gasteiger partial charge in [0.15, 0.2) is 0 Å². The van der Waals surface area contributed by atoms with Crippen molar-refractivity contribution in [3.05, 3.63) is 53.5 Å². The molecule has 0 saturated carbocycles. The molecule has 0 saturated heterocycles. The number of fused-ring (bicyclic) bond motifs is 1. The molecule has 0 radical (unpaired) electrons. The van der Waals surface area contributed by atoms with E-state index in [1.54, 1.807) is 24.7 Å². The topological polar surface area (TPSA) is 103 Å². The molecule has 25 heavy (non-hydrogen) atoms. The lowest BCUT2D eigenvalue weighted by Gasteiger charge is -2.19. The Morgan fingerprint density at radius 3 is 2.80 bits per heavy atom. The van der Waals surface area contributed by atoms with Gasteiger partial charge in [-0.3, -0.25) is 4.31 Å². The van der Waals surface area contributed by atoms with Crippen LogP contribution >= 0.6 is 0 Å². The lowest BCUT2D eigenvalue weighted by Crippen LogP contribution is -2.27. The van der Waals surface area contributed by atoms with Crippen molar-refractivity contribution < 1.29 is 8.42 Å². The van der Waals surface area contributed by atoms with Crippen molar-refractivity contribution >= 4 is 26.9 Å². The smallest absolute Gasteiger partial charge is 0.233 e. The summed E-state index contributed by atoms with van der Waals surface area (Å²) in [5.41, 5.74) is 2.95. The fourth-order valence-corrected chi connectivity index (χ4v) is 3.23. The first kappa shape index (κ1) is 16.9. The number of nitrogens with one attached hydrogen (secondary N) is 1. The number of aromatic amines is 1. The van der Waals surface area contributed by atoms with Gasteiger partial charge in [0.05, 0.1) is 11.8 Å². The second-order valence-corrected chi connectivity index (χ2v) is 7.73. The highest BCUT2D eigenvalue weighted by atomic mass is 32.2. The maximum atomic E-state index is 11.8. The number of aromatic nitrogens is 3. The Hall–Kier alpha value is -2.92. The van der Waals surface area contributed by atoms with E-state index >= 15 is 0 Å². The Morgan fingerprint density at radius 1 is 1.28 bits per heavy atom. The number of pyridine rings is 2. The minimum absolute atomic E-state index is 0.405. The summed E-state index contributed by atoms with van der Waals surface area (Å²) in [7, 11) is -1.91. The Bertz CT molecular complexity index is 1070. The number of hydrogen-bond donors (Lipinski definition) is 1. The van der Waals surface area contributed by atoms with Crippen LogP contribution in [0.25, 0.3) is 11.0 Å². The van der Waals surface area contributed by atoms with Crippen LogP contribution in [0.2, 0.25) is 0 Å². The van der Waals surface area contributed by atoms with Crippen LogP contribution < -0.4 is 4.31 Å². The first-order chi connectivity index (χ1) is 11.9. The summed E-state index contributed by atoms with van der Waals surface area (Å²) in [4.78, 5) is 11.5. The summed E-state index contributed by atoms with van der Waals surface area (Å²) in [6.07, 6.45) is 7.19. The van der Waals surface area contributed by atoms with Gasteiger partial charge in [-0.15, -0.1) is 0 Å². The third kappa shape index (κ3) is 3.32. The molecule has 0 spiro atoms. The first-order valence-electron chi connectivity index (χ1n) is 7.64. The summed E-state index contributed by atoms with van der Waals surface area (Å²) in [5.74, 6) is 0.405. The Balaban J connectivity index is 1.96. The molecule has 3 rings (SSSR count). The molecule has 0 aliphatic carbocycles. The van der Waals surface area contributed by atoms with E-state index in [2.05, 4.69) is 21.0 Å². The molecule has 0 amide bonds. The van der Waals surface area contributed by atoms with Crippen molar-refractivity contribution in [2.45, 2.75) is 12.8 Å². The zero-order valence-corrected chi connectivity index (χ0v) is 14.7. The molecule has 3 aromatic heterocycles. The highest BCUT2D eigenvalue weighted by Crippen LogP contribution is 2.24. The van der Waals surface area contributed by atoms with Crippen molar-refractivity contribution in [1.29, 1.82) is 5.26 Å². The van der Waals surface area contributed by atoms with Gasteiger partial charge in [0.2, 0.25) is 10.0 Å². The molecule has 0 atom stereocenters. The number of aryl methyl sites for hydroxylation is 2. The third-order valence-electron chi connectivity index (χ3n) is 4.13. The van der Waals surface area contributed by atoms with Crippen molar-refractivity contribution in [3.63, 3.8) is 0 Å². The molecule has 0 unspecified atom stereocenters. The van der Waals surface area contributed by atoms with Crippen LogP contribution in [-0.4, -0.2) is 36.7 Å². The van der Waals surface area contributed by atoms with E-state index in [1.165, 1.54) is 11.4 Å². The van der Waals surface area contributed by atoms with Gasteiger partial charge >= 0.3 is 0 Å². The van der Waals surface area contributed by atoms with E-state index in [-0.39, 0.29) is 0 Å². The summed E-state index contributed by atoms with van der Waals surface area (Å²) in [6.45, 7) is 0. The molecule has 0 aliphatic heterocycles. The molecule has 3 heterocycles. The lowest BCUT2D eigenvalue weighted by molar-refractivity contribution is 0.599. The van der Waals surface area contributed by atoms with E-state index < -0.39 is 10.0 Å². The van der Waals surface area contributed by atoms with Gasteiger partial charge in [-0.05, 0) is 36.1 Å². The van der Waals surface area contributed by atoms with Crippen LogP contribution in [0.5, 0.6) is 0 Å². The van der Waals surface area contributed by atoms with Crippen molar-refractivity contribution in [3.8, 4) is 6.07 Å². The highest BCUT2D eigenvalue weighted by molar-refractivity contribution is 7.92. The van der Waals surface area contributed by atoms with Crippen LogP contribution in [0.3, 0.4) is 0 Å². The monoisotopic (exact) mass is 355 g/mol. The third-order valence-corrected chi connectivity index (χ3v) is 5.29. The molecule has 1 N–H and O–H groups in total. The van der Waals surface area contributed by atoms with E-state index in [1.807, 2.05) is 12.1 Å². The first-order valence-corrected chi connectivity index (χ1v) is 9.49. The molecule has 0 fully saturated rings. The van der Waals surface area contributed by atoms with Crippen LogP contribution in [0, 0.1) is 11.3 Å². The molecule has 0 aromatic carbocycles. The zero-order valence-electron chi connectivity index (χ0n) is 13.9. The molecule has 0 bridgehead atoms. The number of nitrogens with zero attached hydrogens (tertiary/aromatic N) is 4. The Morgan fingerprint density at radius 2 is 2.08 bits per heavy atom. The van der Waals surface area contributed by atoms with Gasteiger partial charge in [-0.2, -0.15) is 5.26 Å². The van der Waals surface area contributed by atoms with Crippen molar-refractivity contribution in [2.24, 2.45) is 0 Å². The van der Waals surface area contributed by atoms with Crippen molar-refractivity contribution in [1.82, 2.24) is 15.0 Å². The van der Waals surface area contributed by atoms with E-state index in [4.69, 9.17) is 0 Å². The highest BCUT2D eigenvalue weighted by Gasteiger charge is 2.18. The number of H-pyrrole nitrogens is 1. The number of rotatable bonds is 5. The SMILES string of the molecule is CN(c1ncccc1CCc1c(C#N)cnc2[nH]ccc12)S(C)(=O)=O. The second kappa shape index (κ2) is 6.53. The normalized spacial score (nSPS) is 11.4. The van der Waals surface area contributed by atoms with Crippen LogP contribution in [0.15, 0.2) is 36.8 Å². The van der Waals surface area contributed by atoms with Gasteiger partial charge in [0.1, 0.15) is 17.5 Å². The van der Waals surface area contributed by atoms with E-state index in [0.717, 1.165) is 28.4 Å². The predicted octanol–water partition coefficient (Wildman–Crippen LogP) is 2.01. The molecular weight excluding hydrogens is 338 g/mol. The molecule has 0 aliphatic rings. The largest absolute Gasteiger partial charge is 0.346 e. The van der Waals surface area contributed by atoms with Gasteiger partial charge < -0.3 is 4.98 Å². The Labute approximate surface area is 146 Å². The number of hydrogen-bond acceptors (Lipinski definition) is 5. The van der Waals surface area contributed by atoms with E-state index in [0.29, 0.717) is 24.2 Å². The number of anilines is 1. The molecule has 8 heteroatoms. The maximum Gasteiger partial charge on any atom is 0.233 e. The van der Waals surface area contributed by atoms with Crippen LogP contribution in [-0.2, 0) is 22.9 Å². The summed E-state index contributed by atoms with van der Waals surface area (Å²) in [6, 6.07) is 7.70. The number of sulfonamides is 1. The Kier molecular flexibility index (Phi) is 4.42. The quantitative estimate of drug-likeness (QED) is 0.754. The molecule has 128 valence electrons. The lowest BCUT2D eigenvalue weighted by atomic mass is 9.99. The zero-order chi connectivity index (χ0) is 18.0. The van der Waals surface area contributed by atoms with Gasteiger partial charge in [-0.25, -0.2) is 18.4 Å². The van der Waals surface area contributed by atoms with E-state index in [9.17, 15) is 13.7 Å². The summed E-state index contributed by atoms with van der Waals surface area (Å²) >= 11 is 0. The fraction of sp³-hybridized carbons (Fsp3) is 0.235. The fourth-order valence-electron chi connectivity index (χ4n) is 2.75. The molecule has 7 nitrogen and oxygen atoms in total. The average Bonchev–Trinajstić information content (AvgIpc) is 3.07. The van der Waals surface area contributed by atoms with Gasteiger partial charge in [0, 0.05) is 31.0 Å². The minimum Gasteiger partial charge on any atom is -0.346 e. The summed E-state index contributed by atoms with van der Waals surface area (Å²) < 4.78 is 24.8. The molecular formula is C17H17N5O2S. The second-order valence-electron chi connectivity index (χ2n) is 5.72. The van der Waals surface area contributed by atoms with Crippen LogP contribution in [0.1, 0.15) is 16.7 Å². The molecule has 3 aromatic rings. The van der Waals surface area contributed by atoms with Gasteiger partial charge in [-0.1, -0.05) is 6.07 Å². The maximum absolute atomic E-state index is 11.8. The standard InChI is InChI=1S/C17H17N5O2S/c1-22(25(2,23)24)17-12(4-3-8-20-17)5-6-14-13(10-18)11-21-16-15(14)7-9-19-16/h3-4,7-9,11H,5-6H2,1-2H3,(H,19,21). The predicted molar refractivity (Wildman–Crippen MR) is 95.7 cm³/mol. The minimum atomic E-state index is -3.40. The summed E-state index contributed by atoms with van der Waals surface area (Å²) in [5, 5.41) is 10.3. The average molecular weight is 355 g/mol. The van der Waals surface area contributed by atoms with Gasteiger partial charge in [0.25, 0.3) is 0 Å². The van der Waals surface area contributed by atoms with Crippen molar-refractivity contribution in [2.75, 3.05) is 17.6 Å².